The minimum atomic E-state index is -1.02. The monoisotopic (exact) mass is 190 g/mol. The van der Waals surface area contributed by atoms with Gasteiger partial charge in [0.05, 0.1) is 14.2 Å². The standard InChI is InChI=1S/C7H10O6/c1-10-6(8)4-5(7(9)11-2)13-3-12-4/h4-5H,3H2,1-2H3. The SMILES string of the molecule is COC(=O)C1OCOC1C(=O)OC. The molecule has 6 heteroatoms. The molecule has 0 bridgehead atoms. The quantitative estimate of drug-likeness (QED) is 0.524. The summed E-state index contributed by atoms with van der Waals surface area (Å²) in [6.07, 6.45) is -2.03. The molecule has 0 saturated carbocycles. The Morgan fingerprint density at radius 1 is 1.08 bits per heavy atom. The lowest BCUT2D eigenvalue weighted by atomic mass is 10.2. The molecule has 0 amide bonds. The molecule has 1 heterocycles. The van der Waals surface area contributed by atoms with Crippen molar-refractivity contribution in [1.82, 2.24) is 0 Å². The normalized spacial score (nSPS) is 26.9. The van der Waals surface area contributed by atoms with Crippen LogP contribution in [0.15, 0.2) is 0 Å². The molecule has 0 spiro atoms. The zero-order valence-corrected chi connectivity index (χ0v) is 7.31. The number of ether oxygens (including phenoxy) is 4. The van der Waals surface area contributed by atoms with Crippen molar-refractivity contribution < 1.29 is 28.5 Å². The molecule has 0 aromatic heterocycles. The number of carbonyl (C=O) groups is 2. The third-order valence-electron chi connectivity index (χ3n) is 1.64. The average Bonchev–Trinajstić information content (AvgIpc) is 2.63. The van der Waals surface area contributed by atoms with Gasteiger partial charge in [0.15, 0.2) is 12.2 Å². The zero-order valence-electron chi connectivity index (χ0n) is 7.31. The van der Waals surface area contributed by atoms with Crippen LogP contribution in [0.5, 0.6) is 0 Å². The maximum atomic E-state index is 11.0. The van der Waals surface area contributed by atoms with E-state index in [4.69, 9.17) is 9.47 Å². The first-order valence-electron chi connectivity index (χ1n) is 3.59. The number of rotatable bonds is 2. The third-order valence-corrected chi connectivity index (χ3v) is 1.64. The van der Waals surface area contributed by atoms with Gasteiger partial charge < -0.3 is 18.9 Å². The van der Waals surface area contributed by atoms with Crippen LogP contribution in [0, 0.1) is 0 Å². The summed E-state index contributed by atoms with van der Waals surface area (Å²) in [5, 5.41) is 0. The van der Waals surface area contributed by atoms with Crippen molar-refractivity contribution in [1.29, 1.82) is 0 Å². The summed E-state index contributed by atoms with van der Waals surface area (Å²) < 4.78 is 18.5. The van der Waals surface area contributed by atoms with E-state index in [1.165, 1.54) is 14.2 Å². The van der Waals surface area contributed by atoms with Gasteiger partial charge in [-0.25, -0.2) is 9.59 Å². The van der Waals surface area contributed by atoms with Crippen molar-refractivity contribution >= 4 is 11.9 Å². The van der Waals surface area contributed by atoms with Gasteiger partial charge in [-0.1, -0.05) is 0 Å². The molecule has 1 rings (SSSR count). The molecule has 13 heavy (non-hydrogen) atoms. The van der Waals surface area contributed by atoms with Crippen LogP contribution < -0.4 is 0 Å². The molecule has 2 atom stereocenters. The average molecular weight is 190 g/mol. The van der Waals surface area contributed by atoms with Crippen molar-refractivity contribution in [3.8, 4) is 0 Å². The highest BCUT2D eigenvalue weighted by Crippen LogP contribution is 2.15. The second-order valence-corrected chi connectivity index (χ2v) is 2.34. The highest BCUT2D eigenvalue weighted by Gasteiger charge is 2.42. The number of carbonyl (C=O) groups excluding carboxylic acids is 2. The van der Waals surface area contributed by atoms with Crippen molar-refractivity contribution in [3.05, 3.63) is 0 Å². The third kappa shape index (κ3) is 1.96. The lowest BCUT2D eigenvalue weighted by Crippen LogP contribution is -2.38. The van der Waals surface area contributed by atoms with Gasteiger partial charge >= 0.3 is 11.9 Å². The van der Waals surface area contributed by atoms with E-state index in [-0.39, 0.29) is 6.79 Å². The van der Waals surface area contributed by atoms with Crippen LogP contribution >= 0.6 is 0 Å². The zero-order chi connectivity index (χ0) is 9.84. The summed E-state index contributed by atoms with van der Waals surface area (Å²) in [5.74, 6) is -1.29. The van der Waals surface area contributed by atoms with E-state index in [1.807, 2.05) is 0 Å². The molecule has 0 aliphatic carbocycles. The summed E-state index contributed by atoms with van der Waals surface area (Å²) in [7, 11) is 2.41. The second kappa shape index (κ2) is 4.20. The van der Waals surface area contributed by atoms with Gasteiger partial charge in [0.1, 0.15) is 6.79 Å². The lowest BCUT2D eigenvalue weighted by molar-refractivity contribution is -0.160. The summed E-state index contributed by atoms with van der Waals surface area (Å²) >= 11 is 0. The fraction of sp³-hybridized carbons (Fsp3) is 0.714. The Labute approximate surface area is 74.7 Å². The molecule has 2 unspecified atom stereocenters. The van der Waals surface area contributed by atoms with Crippen LogP contribution in [0.25, 0.3) is 0 Å². The Morgan fingerprint density at radius 3 is 1.77 bits per heavy atom. The maximum absolute atomic E-state index is 11.0. The summed E-state index contributed by atoms with van der Waals surface area (Å²) in [6.45, 7) is -0.112. The molecule has 1 saturated heterocycles. The Balaban J connectivity index is 2.63. The van der Waals surface area contributed by atoms with Crippen LogP contribution in [0.4, 0.5) is 0 Å². The van der Waals surface area contributed by atoms with E-state index in [9.17, 15) is 9.59 Å². The molecular weight excluding hydrogens is 180 g/mol. The first-order valence-corrected chi connectivity index (χ1v) is 3.59. The topological polar surface area (TPSA) is 71.1 Å². The van der Waals surface area contributed by atoms with E-state index in [1.54, 1.807) is 0 Å². The minimum Gasteiger partial charge on any atom is -0.467 e. The molecule has 0 aromatic rings. The van der Waals surface area contributed by atoms with E-state index < -0.39 is 24.1 Å². The van der Waals surface area contributed by atoms with Gasteiger partial charge in [0.2, 0.25) is 0 Å². The van der Waals surface area contributed by atoms with Gasteiger partial charge in [-0.2, -0.15) is 0 Å². The highest BCUT2D eigenvalue weighted by molar-refractivity contribution is 5.85. The minimum absolute atomic E-state index is 0.112. The van der Waals surface area contributed by atoms with E-state index >= 15 is 0 Å². The molecule has 0 N–H and O–H groups in total. The van der Waals surface area contributed by atoms with Crippen LogP contribution in [0.1, 0.15) is 0 Å². The van der Waals surface area contributed by atoms with E-state index in [2.05, 4.69) is 9.47 Å². The van der Waals surface area contributed by atoms with Crippen molar-refractivity contribution in [2.45, 2.75) is 12.2 Å². The van der Waals surface area contributed by atoms with E-state index in [0.29, 0.717) is 0 Å². The van der Waals surface area contributed by atoms with E-state index in [0.717, 1.165) is 0 Å². The summed E-state index contributed by atoms with van der Waals surface area (Å²) in [6, 6.07) is 0. The van der Waals surface area contributed by atoms with Crippen LogP contribution in [-0.2, 0) is 28.5 Å². The van der Waals surface area contributed by atoms with Crippen molar-refractivity contribution in [2.24, 2.45) is 0 Å². The Hall–Kier alpha value is -1.14. The second-order valence-electron chi connectivity index (χ2n) is 2.34. The van der Waals surface area contributed by atoms with Crippen LogP contribution in [0.3, 0.4) is 0 Å². The Bertz CT molecular complexity index is 191. The molecule has 74 valence electrons. The van der Waals surface area contributed by atoms with Crippen LogP contribution in [0.2, 0.25) is 0 Å². The van der Waals surface area contributed by atoms with Crippen LogP contribution in [-0.4, -0.2) is 45.2 Å². The smallest absolute Gasteiger partial charge is 0.338 e. The Morgan fingerprint density at radius 2 is 1.46 bits per heavy atom. The molecule has 1 fully saturated rings. The highest BCUT2D eigenvalue weighted by atomic mass is 16.7. The number of methoxy groups -OCH3 is 2. The predicted molar refractivity (Wildman–Crippen MR) is 38.6 cm³/mol. The molecule has 1 aliphatic rings. The van der Waals surface area contributed by atoms with Gasteiger partial charge in [-0.15, -0.1) is 0 Å². The molecule has 6 nitrogen and oxygen atoms in total. The maximum Gasteiger partial charge on any atom is 0.338 e. The Kier molecular flexibility index (Phi) is 3.21. The predicted octanol–water partition coefficient (Wildman–Crippen LogP) is -0.926. The van der Waals surface area contributed by atoms with Gasteiger partial charge in [-0.3, -0.25) is 0 Å². The fourth-order valence-electron chi connectivity index (χ4n) is 0.976. The van der Waals surface area contributed by atoms with Gasteiger partial charge in [-0.05, 0) is 0 Å². The largest absolute Gasteiger partial charge is 0.467 e. The molecule has 0 aromatic carbocycles. The van der Waals surface area contributed by atoms with Gasteiger partial charge in [0.25, 0.3) is 0 Å². The first-order chi connectivity index (χ1) is 6.20. The first kappa shape index (κ1) is 9.94. The molecule has 0 radical (unpaired) electrons. The summed E-state index contributed by atoms with van der Waals surface area (Å²) in [4.78, 5) is 22.0. The number of hydrogen-bond acceptors (Lipinski definition) is 6. The van der Waals surface area contributed by atoms with Crippen molar-refractivity contribution in [3.63, 3.8) is 0 Å². The number of esters is 2. The summed E-state index contributed by atoms with van der Waals surface area (Å²) in [5.41, 5.74) is 0. The fourth-order valence-corrected chi connectivity index (χ4v) is 0.976. The number of hydrogen-bond donors (Lipinski definition) is 0. The molecular formula is C7H10O6. The molecule has 1 aliphatic heterocycles. The van der Waals surface area contributed by atoms with Gasteiger partial charge in [0, 0.05) is 0 Å². The van der Waals surface area contributed by atoms with Crippen molar-refractivity contribution in [2.75, 3.05) is 21.0 Å². The lowest BCUT2D eigenvalue weighted by Gasteiger charge is -2.11.